The molecule has 0 aliphatic rings. The molecule has 0 heterocycles. The second kappa shape index (κ2) is 41.6. The molecule has 0 saturated carbocycles. The zero-order chi connectivity index (χ0) is 43.5. The SMILES string of the molecule is CC/C=C\C/C=C\C/C=C\C/C=C\C/C=C\C/C=C\CCC(=O)NC(COP(=O)(O)OCC(O)COC(=O)CCCCCCCCCCCCCCCCCC)C(=O)O. The Kier molecular flexibility index (Phi) is 39.5. The lowest BCUT2D eigenvalue weighted by Gasteiger charge is -2.18. The molecular formula is C47H80NO10P. The van der Waals surface area contributed by atoms with Crippen LogP contribution in [-0.4, -0.2) is 64.9 Å². The number of allylic oxidation sites excluding steroid dienone is 12. The fourth-order valence-corrected chi connectivity index (χ4v) is 6.58. The van der Waals surface area contributed by atoms with E-state index < -0.39 is 57.6 Å². The molecule has 3 unspecified atom stereocenters. The van der Waals surface area contributed by atoms with Crippen molar-refractivity contribution in [3.63, 3.8) is 0 Å². The first-order valence-electron chi connectivity index (χ1n) is 22.5. The number of rotatable bonds is 41. The number of aliphatic hydroxyl groups is 1. The molecule has 0 saturated heterocycles. The van der Waals surface area contributed by atoms with Crippen molar-refractivity contribution in [1.82, 2.24) is 5.32 Å². The smallest absolute Gasteiger partial charge is 0.472 e. The van der Waals surface area contributed by atoms with Crippen LogP contribution in [0.15, 0.2) is 72.9 Å². The first-order chi connectivity index (χ1) is 28.6. The van der Waals surface area contributed by atoms with E-state index in [0.29, 0.717) is 19.3 Å². The first kappa shape index (κ1) is 55.9. The maximum absolute atomic E-state index is 12.3. The number of phosphoric acid groups is 1. The minimum atomic E-state index is -4.78. The summed E-state index contributed by atoms with van der Waals surface area (Å²) in [6, 6.07) is -1.59. The molecule has 338 valence electrons. The lowest BCUT2D eigenvalue weighted by Crippen LogP contribution is -2.43. The molecule has 0 aromatic heterocycles. The summed E-state index contributed by atoms with van der Waals surface area (Å²) in [6.07, 6.45) is 49.4. The Balaban J connectivity index is 4.00. The molecule has 3 atom stereocenters. The van der Waals surface area contributed by atoms with Crippen molar-refractivity contribution in [2.75, 3.05) is 19.8 Å². The maximum Gasteiger partial charge on any atom is 0.472 e. The highest BCUT2D eigenvalue weighted by atomic mass is 31.2. The number of carboxylic acids is 1. The number of phosphoric ester groups is 1. The number of amides is 1. The summed E-state index contributed by atoms with van der Waals surface area (Å²) in [6.45, 7) is 2.43. The summed E-state index contributed by atoms with van der Waals surface area (Å²) in [5, 5.41) is 21.8. The molecule has 11 nitrogen and oxygen atoms in total. The standard InChI is InChI=1S/C47H80NO10P/c1-3-5-7-9-11-13-15-17-19-21-22-23-24-26-28-30-32-34-36-38-45(50)48-44(47(52)53)42-58-59(54,55)57-41-43(49)40-56-46(51)39-37-35-33-31-29-27-25-20-18-16-14-12-10-8-6-4-2/h5,7,11,13,17,19,22-23,26,28,32,34,43-44,49H,3-4,6,8-10,12,14-16,18,20-21,24-25,27,29-31,33,35-42H2,1-2H3,(H,48,50)(H,52,53)(H,54,55)/b7-5-,13-11-,19-17-,23-22-,28-26-,34-32-. The number of carboxylic acid groups (broad SMARTS) is 1. The van der Waals surface area contributed by atoms with Crippen molar-refractivity contribution in [1.29, 1.82) is 0 Å². The number of aliphatic carboxylic acids is 1. The number of ether oxygens (including phenoxy) is 1. The van der Waals surface area contributed by atoms with Crippen LogP contribution in [0.2, 0.25) is 0 Å². The Morgan fingerprint density at radius 2 is 0.966 bits per heavy atom. The third-order valence-corrected chi connectivity index (χ3v) is 10.2. The third-order valence-electron chi connectivity index (χ3n) is 9.27. The van der Waals surface area contributed by atoms with E-state index in [0.717, 1.165) is 51.4 Å². The van der Waals surface area contributed by atoms with Gasteiger partial charge in [0.1, 0.15) is 12.7 Å². The summed E-state index contributed by atoms with van der Waals surface area (Å²) < 4.78 is 26.8. The average molecular weight is 850 g/mol. The minimum Gasteiger partial charge on any atom is -0.480 e. The molecule has 0 spiro atoms. The number of carbonyl (C=O) groups is 3. The van der Waals surface area contributed by atoms with Crippen LogP contribution in [0.25, 0.3) is 0 Å². The first-order valence-corrected chi connectivity index (χ1v) is 24.0. The normalized spacial score (nSPS) is 14.4. The topological polar surface area (TPSA) is 169 Å². The molecule has 12 heteroatoms. The predicted octanol–water partition coefficient (Wildman–Crippen LogP) is 11.7. The van der Waals surface area contributed by atoms with E-state index in [1.165, 1.54) is 77.0 Å². The summed E-state index contributed by atoms with van der Waals surface area (Å²) in [7, 11) is -4.78. The number of hydrogen-bond acceptors (Lipinski definition) is 8. The Bertz CT molecular complexity index is 1280. The van der Waals surface area contributed by atoms with Crippen molar-refractivity contribution in [2.24, 2.45) is 0 Å². The molecule has 0 bridgehead atoms. The Hall–Kier alpha value is -3.08. The van der Waals surface area contributed by atoms with Gasteiger partial charge >= 0.3 is 19.8 Å². The number of esters is 1. The van der Waals surface area contributed by atoms with E-state index in [9.17, 15) is 34.1 Å². The van der Waals surface area contributed by atoms with E-state index in [-0.39, 0.29) is 12.8 Å². The molecule has 0 aromatic rings. The molecule has 0 aliphatic heterocycles. The van der Waals surface area contributed by atoms with Crippen molar-refractivity contribution in [3.05, 3.63) is 72.9 Å². The van der Waals surface area contributed by atoms with Crippen LogP contribution in [-0.2, 0) is 32.7 Å². The van der Waals surface area contributed by atoms with Crippen LogP contribution in [0.3, 0.4) is 0 Å². The molecule has 0 radical (unpaired) electrons. The average Bonchev–Trinajstić information content (AvgIpc) is 3.21. The van der Waals surface area contributed by atoms with Gasteiger partial charge < -0.3 is 25.2 Å². The number of aliphatic hydroxyl groups excluding tert-OH is 1. The van der Waals surface area contributed by atoms with Crippen LogP contribution in [0, 0.1) is 0 Å². The Labute approximate surface area is 357 Å². The highest BCUT2D eigenvalue weighted by Crippen LogP contribution is 2.43. The summed E-state index contributed by atoms with van der Waals surface area (Å²) in [5.41, 5.74) is 0. The van der Waals surface area contributed by atoms with E-state index in [1.807, 2.05) is 18.2 Å². The van der Waals surface area contributed by atoms with Crippen LogP contribution in [0.5, 0.6) is 0 Å². The number of unbranched alkanes of at least 4 members (excludes halogenated alkanes) is 15. The van der Waals surface area contributed by atoms with Crippen LogP contribution in [0.4, 0.5) is 0 Å². The van der Waals surface area contributed by atoms with Crippen molar-refractivity contribution < 1.29 is 47.8 Å². The second-order valence-corrected chi connectivity index (χ2v) is 16.3. The quantitative estimate of drug-likeness (QED) is 0.0201. The third kappa shape index (κ3) is 41.4. The summed E-state index contributed by atoms with van der Waals surface area (Å²) >= 11 is 0. The molecular weight excluding hydrogens is 769 g/mol. The van der Waals surface area contributed by atoms with Gasteiger partial charge in [-0.2, -0.15) is 0 Å². The molecule has 59 heavy (non-hydrogen) atoms. The van der Waals surface area contributed by atoms with E-state index >= 15 is 0 Å². The fourth-order valence-electron chi connectivity index (χ4n) is 5.81. The van der Waals surface area contributed by atoms with Gasteiger partial charge in [0.15, 0.2) is 6.04 Å². The van der Waals surface area contributed by atoms with E-state index in [4.69, 9.17) is 13.8 Å². The Morgan fingerprint density at radius 1 is 0.559 bits per heavy atom. The van der Waals surface area contributed by atoms with Gasteiger partial charge in [-0.15, -0.1) is 0 Å². The van der Waals surface area contributed by atoms with Crippen LogP contribution >= 0.6 is 7.82 Å². The largest absolute Gasteiger partial charge is 0.480 e. The fraction of sp³-hybridized carbons (Fsp3) is 0.681. The second-order valence-electron chi connectivity index (χ2n) is 14.9. The van der Waals surface area contributed by atoms with E-state index in [2.05, 4.69) is 73.8 Å². The van der Waals surface area contributed by atoms with Gasteiger partial charge in [-0.3, -0.25) is 18.6 Å². The van der Waals surface area contributed by atoms with Gasteiger partial charge in [0.2, 0.25) is 5.91 Å². The van der Waals surface area contributed by atoms with Gasteiger partial charge in [-0.05, 0) is 51.4 Å². The van der Waals surface area contributed by atoms with Crippen molar-refractivity contribution in [2.45, 2.75) is 187 Å². The van der Waals surface area contributed by atoms with Gasteiger partial charge in [-0.1, -0.05) is 183 Å². The zero-order valence-corrected chi connectivity index (χ0v) is 37.4. The van der Waals surface area contributed by atoms with Gasteiger partial charge in [0, 0.05) is 12.8 Å². The van der Waals surface area contributed by atoms with Gasteiger partial charge in [0.05, 0.1) is 13.2 Å². The zero-order valence-electron chi connectivity index (χ0n) is 36.5. The van der Waals surface area contributed by atoms with Crippen LogP contribution in [0.1, 0.15) is 174 Å². The maximum atomic E-state index is 12.3. The minimum absolute atomic E-state index is 0.0175. The molecule has 1 amide bonds. The van der Waals surface area contributed by atoms with E-state index in [1.54, 1.807) is 0 Å². The molecule has 0 fully saturated rings. The predicted molar refractivity (Wildman–Crippen MR) is 240 cm³/mol. The molecule has 0 aromatic carbocycles. The van der Waals surface area contributed by atoms with Crippen molar-refractivity contribution in [3.8, 4) is 0 Å². The highest BCUT2D eigenvalue weighted by Gasteiger charge is 2.28. The number of nitrogens with one attached hydrogen (secondary N) is 1. The lowest BCUT2D eigenvalue weighted by molar-refractivity contribution is -0.147. The van der Waals surface area contributed by atoms with Gasteiger partial charge in [0.25, 0.3) is 0 Å². The summed E-state index contributed by atoms with van der Waals surface area (Å²) in [5.74, 6) is -2.49. The summed E-state index contributed by atoms with van der Waals surface area (Å²) in [4.78, 5) is 45.9. The molecule has 0 aliphatic carbocycles. The highest BCUT2D eigenvalue weighted by molar-refractivity contribution is 7.47. The number of carbonyl (C=O) groups excluding carboxylic acids is 2. The number of hydrogen-bond donors (Lipinski definition) is 4. The van der Waals surface area contributed by atoms with Crippen LogP contribution < -0.4 is 5.32 Å². The van der Waals surface area contributed by atoms with Crippen molar-refractivity contribution >= 4 is 25.7 Å². The Morgan fingerprint density at radius 3 is 1.41 bits per heavy atom. The molecule has 0 rings (SSSR count). The molecule has 4 N–H and O–H groups in total. The lowest BCUT2D eigenvalue weighted by atomic mass is 10.0. The monoisotopic (exact) mass is 850 g/mol. The van der Waals surface area contributed by atoms with Gasteiger partial charge in [-0.25, -0.2) is 9.36 Å².